The van der Waals surface area contributed by atoms with Crippen LogP contribution in [0.2, 0.25) is 5.02 Å². The predicted octanol–water partition coefficient (Wildman–Crippen LogP) is 4.74. The molecule has 1 N–H and O–H groups in total. The molecule has 2 heterocycles. The zero-order valence-corrected chi connectivity index (χ0v) is 14.5. The van der Waals surface area contributed by atoms with E-state index in [4.69, 9.17) is 11.6 Å². The number of rotatable bonds is 1. The topological polar surface area (TPSA) is 61.1 Å². The number of nitrogens with one attached hydrogen (secondary N) is 1. The van der Waals surface area contributed by atoms with Gasteiger partial charge in [-0.3, -0.25) is 4.79 Å². The van der Waals surface area contributed by atoms with Crippen molar-refractivity contribution in [1.29, 1.82) is 5.26 Å². The van der Waals surface area contributed by atoms with Crippen LogP contribution in [-0.2, 0) is 0 Å². The highest BCUT2D eigenvalue weighted by molar-refractivity contribution is 9.10. The van der Waals surface area contributed by atoms with Crippen molar-refractivity contribution in [1.82, 2.24) is 9.38 Å². The molecule has 4 nitrogen and oxygen atoms in total. The Morgan fingerprint density at radius 1 is 1.17 bits per heavy atom. The van der Waals surface area contributed by atoms with Gasteiger partial charge in [-0.25, -0.2) is 0 Å². The van der Waals surface area contributed by atoms with Gasteiger partial charge in [-0.15, -0.1) is 0 Å². The van der Waals surface area contributed by atoms with E-state index >= 15 is 0 Å². The molecule has 0 aliphatic heterocycles. The molecule has 0 atom stereocenters. The molecule has 0 aliphatic rings. The molecule has 2 aromatic carbocycles. The van der Waals surface area contributed by atoms with Crippen molar-refractivity contribution in [2.75, 3.05) is 0 Å². The minimum atomic E-state index is -0.226. The fraction of sp³-hybridized carbons (Fsp3) is 0. The van der Waals surface area contributed by atoms with Gasteiger partial charge >= 0.3 is 0 Å². The van der Waals surface area contributed by atoms with Crippen LogP contribution in [0.15, 0.2) is 57.9 Å². The van der Waals surface area contributed by atoms with Crippen molar-refractivity contribution < 1.29 is 0 Å². The molecule has 0 spiro atoms. The third-order valence-corrected chi connectivity index (χ3v) is 4.71. The average Bonchev–Trinajstić information content (AvgIpc) is 2.94. The first-order valence-corrected chi connectivity index (χ1v) is 8.28. The van der Waals surface area contributed by atoms with Crippen molar-refractivity contribution in [3.05, 3.63) is 74.1 Å². The summed E-state index contributed by atoms with van der Waals surface area (Å²) in [5.74, 6) is 0. The van der Waals surface area contributed by atoms with Crippen molar-refractivity contribution in [3.63, 3.8) is 0 Å². The summed E-state index contributed by atoms with van der Waals surface area (Å²) in [6.07, 6.45) is 1.86. The lowest BCUT2D eigenvalue weighted by atomic mass is 10.1. The maximum absolute atomic E-state index is 12.4. The summed E-state index contributed by atoms with van der Waals surface area (Å²) < 4.78 is 2.66. The first-order chi connectivity index (χ1) is 11.6. The summed E-state index contributed by atoms with van der Waals surface area (Å²) in [5.41, 5.74) is 3.05. The number of halogens is 2. The molecule has 0 unspecified atom stereocenters. The van der Waals surface area contributed by atoms with Gasteiger partial charge in [0.1, 0.15) is 17.3 Å². The largest absolute Gasteiger partial charge is 0.306 e. The number of hydrogen-bond acceptors (Lipinski definition) is 2. The minimum Gasteiger partial charge on any atom is -0.306 e. The number of benzene rings is 2. The molecule has 2 aromatic heterocycles. The van der Waals surface area contributed by atoms with E-state index in [2.05, 4.69) is 27.0 Å². The number of aromatic amines is 1. The molecule has 116 valence electrons. The number of H-pyrrole nitrogens is 1. The van der Waals surface area contributed by atoms with Crippen LogP contribution < -0.4 is 5.56 Å². The third-order valence-electron chi connectivity index (χ3n) is 3.97. The quantitative estimate of drug-likeness (QED) is 0.503. The fourth-order valence-corrected chi connectivity index (χ4v) is 3.34. The predicted molar refractivity (Wildman–Crippen MR) is 98.4 cm³/mol. The van der Waals surface area contributed by atoms with Gasteiger partial charge in [0.05, 0.1) is 10.9 Å². The van der Waals surface area contributed by atoms with Gasteiger partial charge in [0.2, 0.25) is 0 Å². The summed E-state index contributed by atoms with van der Waals surface area (Å²) in [6.45, 7) is 0. The molecule has 4 aromatic rings. The van der Waals surface area contributed by atoms with Crippen LogP contribution >= 0.6 is 27.5 Å². The molecule has 0 bridgehead atoms. The summed E-state index contributed by atoms with van der Waals surface area (Å²) in [7, 11) is 0. The second-order valence-electron chi connectivity index (χ2n) is 5.37. The third kappa shape index (κ3) is 2.23. The van der Waals surface area contributed by atoms with E-state index in [1.54, 1.807) is 18.2 Å². The first kappa shape index (κ1) is 15.0. The van der Waals surface area contributed by atoms with Gasteiger partial charge in [-0.1, -0.05) is 39.7 Å². The Hall–Kier alpha value is -2.55. The van der Waals surface area contributed by atoms with Crippen LogP contribution in [0.4, 0.5) is 0 Å². The number of nitrogens with zero attached hydrogens (tertiary/aromatic N) is 2. The van der Waals surface area contributed by atoms with E-state index in [1.165, 1.54) is 0 Å². The van der Waals surface area contributed by atoms with E-state index in [-0.39, 0.29) is 5.56 Å². The standard InChI is InChI=1S/C18H9BrClN3O/c19-11-3-6-16-13(7-11)18(24)22-17-14(8-21)15(9-23(16)17)10-1-4-12(20)5-2-10/h1-7,9H,(H,22,24). The van der Waals surface area contributed by atoms with E-state index in [1.807, 2.05) is 34.9 Å². The highest BCUT2D eigenvalue weighted by Gasteiger charge is 2.16. The highest BCUT2D eigenvalue weighted by atomic mass is 79.9. The number of nitriles is 1. The Morgan fingerprint density at radius 2 is 1.92 bits per heavy atom. The monoisotopic (exact) mass is 397 g/mol. The van der Waals surface area contributed by atoms with E-state index < -0.39 is 0 Å². The molecule has 4 rings (SSSR count). The molecular weight excluding hydrogens is 390 g/mol. The normalized spacial score (nSPS) is 11.0. The van der Waals surface area contributed by atoms with Crippen molar-refractivity contribution in [2.24, 2.45) is 0 Å². The molecule has 0 aliphatic carbocycles. The molecule has 24 heavy (non-hydrogen) atoms. The van der Waals surface area contributed by atoms with Gasteiger partial charge in [0.25, 0.3) is 5.56 Å². The van der Waals surface area contributed by atoms with Crippen LogP contribution in [0.3, 0.4) is 0 Å². The molecule has 0 saturated carbocycles. The zero-order valence-electron chi connectivity index (χ0n) is 12.2. The summed E-state index contributed by atoms with van der Waals surface area (Å²) >= 11 is 9.32. The average molecular weight is 399 g/mol. The Morgan fingerprint density at radius 3 is 2.62 bits per heavy atom. The molecule has 0 amide bonds. The smallest absolute Gasteiger partial charge is 0.258 e. The van der Waals surface area contributed by atoms with Gasteiger partial charge in [-0.2, -0.15) is 5.26 Å². The molecular formula is C18H9BrClN3O. The van der Waals surface area contributed by atoms with Crippen LogP contribution in [0.1, 0.15) is 5.56 Å². The second kappa shape index (κ2) is 5.52. The Bertz CT molecular complexity index is 1200. The van der Waals surface area contributed by atoms with Crippen molar-refractivity contribution in [3.8, 4) is 17.2 Å². The van der Waals surface area contributed by atoms with Crippen LogP contribution in [0.25, 0.3) is 27.7 Å². The van der Waals surface area contributed by atoms with Crippen LogP contribution in [-0.4, -0.2) is 9.38 Å². The van der Waals surface area contributed by atoms with Crippen molar-refractivity contribution >= 4 is 44.1 Å². The van der Waals surface area contributed by atoms with Crippen LogP contribution in [0, 0.1) is 11.3 Å². The van der Waals surface area contributed by atoms with Gasteiger partial charge in [0.15, 0.2) is 0 Å². The highest BCUT2D eigenvalue weighted by Crippen LogP contribution is 2.30. The Balaban J connectivity index is 2.14. The zero-order chi connectivity index (χ0) is 16.8. The van der Waals surface area contributed by atoms with E-state index in [9.17, 15) is 10.1 Å². The van der Waals surface area contributed by atoms with Crippen LogP contribution in [0.5, 0.6) is 0 Å². The fourth-order valence-electron chi connectivity index (χ4n) is 2.86. The van der Waals surface area contributed by atoms with Gasteiger partial charge < -0.3 is 9.38 Å². The van der Waals surface area contributed by atoms with Gasteiger partial charge in [0, 0.05) is 21.3 Å². The number of aromatic nitrogens is 2. The summed E-state index contributed by atoms with van der Waals surface area (Å²) in [5, 5.41) is 10.8. The number of fused-ring (bicyclic) bond motifs is 3. The SMILES string of the molecule is N#Cc1c(-c2ccc(Cl)cc2)cn2c1[nH]c(=O)c1cc(Br)ccc12. The molecule has 6 heteroatoms. The Kier molecular flexibility index (Phi) is 3.45. The van der Waals surface area contributed by atoms with Gasteiger partial charge in [-0.05, 0) is 35.9 Å². The van der Waals surface area contributed by atoms with E-state index in [0.29, 0.717) is 21.6 Å². The summed E-state index contributed by atoms with van der Waals surface area (Å²) in [4.78, 5) is 15.2. The molecule has 0 saturated heterocycles. The van der Waals surface area contributed by atoms with E-state index in [0.717, 1.165) is 21.1 Å². The lowest BCUT2D eigenvalue weighted by molar-refractivity contribution is 1.16. The molecule has 0 radical (unpaired) electrons. The lowest BCUT2D eigenvalue weighted by Gasteiger charge is -2.02. The maximum Gasteiger partial charge on any atom is 0.258 e. The van der Waals surface area contributed by atoms with Crippen molar-refractivity contribution in [2.45, 2.75) is 0 Å². The maximum atomic E-state index is 12.4. The number of hydrogen-bond donors (Lipinski definition) is 1. The lowest BCUT2D eigenvalue weighted by Crippen LogP contribution is -2.09. The minimum absolute atomic E-state index is 0.226. The molecule has 0 fully saturated rings. The first-order valence-electron chi connectivity index (χ1n) is 7.11. The summed E-state index contributed by atoms with van der Waals surface area (Å²) in [6, 6.07) is 15.0. The Labute approximate surface area is 150 Å². The second-order valence-corrected chi connectivity index (χ2v) is 6.72.